The third-order valence-corrected chi connectivity index (χ3v) is 4.87. The number of aromatic nitrogens is 1. The number of fused-ring (bicyclic) bond motifs is 1. The van der Waals surface area contributed by atoms with Crippen molar-refractivity contribution >= 4 is 45.1 Å². The third kappa shape index (κ3) is 3.54. The van der Waals surface area contributed by atoms with Crippen molar-refractivity contribution in [3.8, 4) is 0 Å². The SMILES string of the molecule is CCN(CC)c1ccc2sc(C=Cc3ccc(N)cc3)nc2c1. The maximum atomic E-state index is 5.71. The van der Waals surface area contributed by atoms with Gasteiger partial charge in [0.05, 0.1) is 10.2 Å². The molecule has 3 rings (SSSR count). The molecule has 0 atom stereocenters. The molecule has 118 valence electrons. The van der Waals surface area contributed by atoms with Crippen molar-refractivity contribution in [2.75, 3.05) is 23.7 Å². The van der Waals surface area contributed by atoms with Gasteiger partial charge in [0.25, 0.3) is 0 Å². The van der Waals surface area contributed by atoms with Crippen LogP contribution in [0.1, 0.15) is 24.4 Å². The Morgan fingerprint density at radius 1 is 1.04 bits per heavy atom. The van der Waals surface area contributed by atoms with Crippen LogP contribution in [-0.2, 0) is 0 Å². The summed E-state index contributed by atoms with van der Waals surface area (Å²) in [5, 5.41) is 1.02. The van der Waals surface area contributed by atoms with Crippen LogP contribution in [0.3, 0.4) is 0 Å². The Bertz CT molecular complexity index is 814. The first kappa shape index (κ1) is 15.6. The zero-order valence-electron chi connectivity index (χ0n) is 13.5. The van der Waals surface area contributed by atoms with Gasteiger partial charge in [-0.1, -0.05) is 18.2 Å². The summed E-state index contributed by atoms with van der Waals surface area (Å²) in [7, 11) is 0. The summed E-state index contributed by atoms with van der Waals surface area (Å²) in [6.07, 6.45) is 4.13. The van der Waals surface area contributed by atoms with Crippen molar-refractivity contribution in [2.24, 2.45) is 0 Å². The Hall–Kier alpha value is -2.33. The Morgan fingerprint density at radius 2 is 1.78 bits per heavy atom. The zero-order chi connectivity index (χ0) is 16.2. The molecule has 3 nitrogen and oxygen atoms in total. The third-order valence-electron chi connectivity index (χ3n) is 3.87. The van der Waals surface area contributed by atoms with E-state index in [-0.39, 0.29) is 0 Å². The lowest BCUT2D eigenvalue weighted by Crippen LogP contribution is -2.21. The van der Waals surface area contributed by atoms with Crippen LogP contribution in [0.15, 0.2) is 42.5 Å². The summed E-state index contributed by atoms with van der Waals surface area (Å²) in [5.74, 6) is 0. The van der Waals surface area contributed by atoms with E-state index in [9.17, 15) is 0 Å². The summed E-state index contributed by atoms with van der Waals surface area (Å²) < 4.78 is 1.22. The van der Waals surface area contributed by atoms with E-state index in [1.807, 2.05) is 24.3 Å². The van der Waals surface area contributed by atoms with Crippen molar-refractivity contribution < 1.29 is 0 Å². The van der Waals surface area contributed by atoms with Gasteiger partial charge >= 0.3 is 0 Å². The van der Waals surface area contributed by atoms with Gasteiger partial charge in [-0.05, 0) is 55.8 Å². The molecule has 0 saturated carbocycles. The summed E-state index contributed by atoms with van der Waals surface area (Å²) in [6.45, 7) is 6.37. The smallest absolute Gasteiger partial charge is 0.117 e. The number of hydrogen-bond donors (Lipinski definition) is 1. The molecule has 1 heterocycles. The monoisotopic (exact) mass is 323 g/mol. The zero-order valence-corrected chi connectivity index (χ0v) is 14.3. The van der Waals surface area contributed by atoms with E-state index in [0.29, 0.717) is 0 Å². The predicted octanol–water partition coefficient (Wildman–Crippen LogP) is 4.90. The van der Waals surface area contributed by atoms with Gasteiger partial charge in [0.1, 0.15) is 5.01 Å². The number of anilines is 2. The average molecular weight is 323 g/mol. The number of benzene rings is 2. The summed E-state index contributed by atoms with van der Waals surface area (Å²) in [4.78, 5) is 7.07. The van der Waals surface area contributed by atoms with E-state index >= 15 is 0 Å². The quantitative estimate of drug-likeness (QED) is 0.679. The largest absolute Gasteiger partial charge is 0.399 e. The molecule has 0 unspecified atom stereocenters. The average Bonchev–Trinajstić information content (AvgIpc) is 2.98. The van der Waals surface area contributed by atoms with Crippen LogP contribution in [0.4, 0.5) is 11.4 Å². The molecule has 1 aromatic heterocycles. The van der Waals surface area contributed by atoms with Crippen molar-refractivity contribution in [1.29, 1.82) is 0 Å². The Kier molecular flexibility index (Phi) is 4.63. The number of thiazole rings is 1. The number of rotatable bonds is 5. The molecule has 0 aliphatic heterocycles. The molecule has 3 aromatic rings. The van der Waals surface area contributed by atoms with E-state index in [0.717, 1.165) is 34.9 Å². The normalized spacial score (nSPS) is 11.4. The fourth-order valence-electron chi connectivity index (χ4n) is 2.57. The van der Waals surface area contributed by atoms with Crippen molar-refractivity contribution in [3.63, 3.8) is 0 Å². The molecule has 2 N–H and O–H groups in total. The van der Waals surface area contributed by atoms with Crippen LogP contribution >= 0.6 is 11.3 Å². The van der Waals surface area contributed by atoms with E-state index in [1.165, 1.54) is 10.4 Å². The number of nitrogens with two attached hydrogens (primary N) is 1. The van der Waals surface area contributed by atoms with Crippen LogP contribution in [0.2, 0.25) is 0 Å². The van der Waals surface area contributed by atoms with Crippen LogP contribution < -0.4 is 10.6 Å². The predicted molar refractivity (Wildman–Crippen MR) is 103 cm³/mol. The molecule has 0 fully saturated rings. The second-order valence-corrected chi connectivity index (χ2v) is 6.44. The van der Waals surface area contributed by atoms with Gasteiger partial charge in [-0.2, -0.15) is 0 Å². The molecular formula is C19H21N3S. The Morgan fingerprint density at radius 3 is 2.48 bits per heavy atom. The van der Waals surface area contributed by atoms with Gasteiger partial charge in [-0.25, -0.2) is 4.98 Å². The molecule has 0 bridgehead atoms. The minimum Gasteiger partial charge on any atom is -0.399 e. The Balaban J connectivity index is 1.86. The maximum Gasteiger partial charge on any atom is 0.117 e. The highest BCUT2D eigenvalue weighted by Gasteiger charge is 2.06. The van der Waals surface area contributed by atoms with E-state index in [1.54, 1.807) is 11.3 Å². The van der Waals surface area contributed by atoms with Crippen LogP contribution in [0, 0.1) is 0 Å². The molecule has 2 aromatic carbocycles. The number of nitrogens with zero attached hydrogens (tertiary/aromatic N) is 2. The molecule has 0 aliphatic rings. The van der Waals surface area contributed by atoms with E-state index < -0.39 is 0 Å². The summed E-state index contributed by atoms with van der Waals surface area (Å²) in [6, 6.07) is 14.4. The standard InChI is InChI=1S/C19H21N3S/c1-3-22(4-2)16-10-11-18-17(13-16)21-19(23-18)12-7-14-5-8-15(20)9-6-14/h5-13H,3-4,20H2,1-2H3. The first-order valence-electron chi connectivity index (χ1n) is 7.88. The van der Waals surface area contributed by atoms with Gasteiger partial charge < -0.3 is 10.6 Å². The molecule has 0 saturated heterocycles. The molecule has 23 heavy (non-hydrogen) atoms. The second-order valence-electron chi connectivity index (χ2n) is 5.38. The van der Waals surface area contributed by atoms with Gasteiger partial charge in [0.2, 0.25) is 0 Å². The highest BCUT2D eigenvalue weighted by Crippen LogP contribution is 2.27. The molecular weight excluding hydrogens is 302 g/mol. The molecule has 4 heteroatoms. The maximum absolute atomic E-state index is 5.71. The minimum absolute atomic E-state index is 0.783. The van der Waals surface area contributed by atoms with E-state index in [2.05, 4.69) is 49.1 Å². The van der Waals surface area contributed by atoms with Crippen LogP contribution in [0.25, 0.3) is 22.4 Å². The van der Waals surface area contributed by atoms with Crippen LogP contribution in [0.5, 0.6) is 0 Å². The van der Waals surface area contributed by atoms with Gasteiger partial charge in [-0.3, -0.25) is 0 Å². The topological polar surface area (TPSA) is 42.1 Å². The van der Waals surface area contributed by atoms with Crippen molar-refractivity contribution in [3.05, 3.63) is 53.0 Å². The van der Waals surface area contributed by atoms with E-state index in [4.69, 9.17) is 10.7 Å². The fraction of sp³-hybridized carbons (Fsp3) is 0.211. The van der Waals surface area contributed by atoms with Crippen molar-refractivity contribution in [1.82, 2.24) is 4.98 Å². The first-order chi connectivity index (χ1) is 11.2. The highest BCUT2D eigenvalue weighted by atomic mass is 32.1. The first-order valence-corrected chi connectivity index (χ1v) is 8.70. The lowest BCUT2D eigenvalue weighted by atomic mass is 10.2. The highest BCUT2D eigenvalue weighted by molar-refractivity contribution is 7.19. The van der Waals surface area contributed by atoms with Gasteiger partial charge in [0, 0.05) is 24.5 Å². The minimum atomic E-state index is 0.783. The molecule has 0 amide bonds. The number of hydrogen-bond acceptors (Lipinski definition) is 4. The van der Waals surface area contributed by atoms with Crippen LogP contribution in [-0.4, -0.2) is 18.1 Å². The van der Waals surface area contributed by atoms with Gasteiger partial charge in [-0.15, -0.1) is 11.3 Å². The number of nitrogen functional groups attached to an aromatic ring is 1. The molecule has 0 aliphatic carbocycles. The molecule has 0 radical (unpaired) electrons. The van der Waals surface area contributed by atoms with Gasteiger partial charge in [0.15, 0.2) is 0 Å². The molecule has 0 spiro atoms. The summed E-state index contributed by atoms with van der Waals surface area (Å²) >= 11 is 1.71. The van der Waals surface area contributed by atoms with Crippen molar-refractivity contribution in [2.45, 2.75) is 13.8 Å². The fourth-order valence-corrected chi connectivity index (χ4v) is 3.42. The lowest BCUT2D eigenvalue weighted by molar-refractivity contribution is 0.867. The Labute approximate surface area is 141 Å². The summed E-state index contributed by atoms with van der Waals surface area (Å²) in [5.41, 5.74) is 9.92. The second kappa shape index (κ2) is 6.84. The lowest BCUT2D eigenvalue weighted by Gasteiger charge is -2.20.